The lowest BCUT2D eigenvalue weighted by molar-refractivity contribution is -0.140. The van der Waals surface area contributed by atoms with Gasteiger partial charge in [0.1, 0.15) is 11.5 Å². The number of ketones is 1. The fourth-order valence-electron chi connectivity index (χ4n) is 4.49. The number of aliphatic hydroxyl groups excluding tert-OH is 1. The first-order valence-electron chi connectivity index (χ1n) is 11.4. The van der Waals surface area contributed by atoms with E-state index >= 15 is 0 Å². The Labute approximate surface area is 194 Å². The van der Waals surface area contributed by atoms with Crippen LogP contribution in [0.15, 0.2) is 54.1 Å². The number of nitrogens with zero attached hydrogens (tertiary/aromatic N) is 1. The summed E-state index contributed by atoms with van der Waals surface area (Å²) in [6.45, 7) is 7.38. The number of likely N-dealkylation sites (tertiary alicyclic amines) is 1. The van der Waals surface area contributed by atoms with E-state index < -0.39 is 17.7 Å². The van der Waals surface area contributed by atoms with Crippen LogP contribution in [0.1, 0.15) is 56.3 Å². The molecule has 174 valence electrons. The number of hydrogen-bond acceptors (Lipinski definition) is 5. The van der Waals surface area contributed by atoms with Crippen molar-refractivity contribution in [2.45, 2.75) is 51.2 Å². The standard InChI is InChI=1S/C27H31NO5/c1-27(2,3)19-11-7-17(8-12-19)23-22(24(29)18-9-13-20(32-4)14-10-18)25(30)26(31)28(23)16-21-6-5-15-33-21/h7-14,21,23,29H,5-6,15-16H2,1-4H3/b24-22+/t21-,23-/m1/s1. The molecule has 2 aromatic rings. The number of Topliss-reactive ketones (excluding diaryl/α,β-unsaturated/α-hetero) is 1. The Balaban J connectivity index is 1.80. The first-order chi connectivity index (χ1) is 15.7. The summed E-state index contributed by atoms with van der Waals surface area (Å²) in [5.41, 5.74) is 2.47. The summed E-state index contributed by atoms with van der Waals surface area (Å²) in [6.07, 6.45) is 1.67. The molecule has 2 heterocycles. The van der Waals surface area contributed by atoms with E-state index in [1.165, 1.54) is 0 Å². The van der Waals surface area contributed by atoms with Crippen molar-refractivity contribution >= 4 is 17.4 Å². The lowest BCUT2D eigenvalue weighted by Crippen LogP contribution is -2.36. The van der Waals surface area contributed by atoms with E-state index in [9.17, 15) is 14.7 Å². The maximum Gasteiger partial charge on any atom is 0.295 e. The molecule has 0 radical (unpaired) electrons. The summed E-state index contributed by atoms with van der Waals surface area (Å²) in [7, 11) is 1.56. The van der Waals surface area contributed by atoms with Crippen molar-refractivity contribution < 1.29 is 24.2 Å². The molecular weight excluding hydrogens is 418 g/mol. The molecule has 2 aliphatic heterocycles. The van der Waals surface area contributed by atoms with Crippen LogP contribution in [0.25, 0.3) is 5.76 Å². The van der Waals surface area contributed by atoms with Gasteiger partial charge in [-0.1, -0.05) is 45.0 Å². The number of hydrogen-bond donors (Lipinski definition) is 1. The average molecular weight is 450 g/mol. The number of benzene rings is 2. The fraction of sp³-hybridized carbons (Fsp3) is 0.407. The van der Waals surface area contributed by atoms with E-state index in [-0.39, 0.29) is 22.9 Å². The maximum absolute atomic E-state index is 13.2. The minimum Gasteiger partial charge on any atom is -0.507 e. The zero-order chi connectivity index (χ0) is 23.8. The lowest BCUT2D eigenvalue weighted by atomic mass is 9.85. The van der Waals surface area contributed by atoms with Gasteiger partial charge in [-0.25, -0.2) is 0 Å². The van der Waals surface area contributed by atoms with E-state index in [2.05, 4.69) is 20.8 Å². The molecule has 2 fully saturated rings. The quantitative estimate of drug-likeness (QED) is 0.410. The SMILES string of the molecule is COc1ccc(/C(O)=C2\C(=O)C(=O)N(C[C@H]3CCCO3)[C@@H]2c2ccc(C(C)(C)C)cc2)cc1. The summed E-state index contributed by atoms with van der Waals surface area (Å²) in [5.74, 6) is -0.827. The smallest absolute Gasteiger partial charge is 0.295 e. The van der Waals surface area contributed by atoms with Crippen LogP contribution < -0.4 is 4.74 Å². The number of amides is 1. The van der Waals surface area contributed by atoms with Gasteiger partial charge in [0, 0.05) is 18.7 Å². The Kier molecular flexibility index (Phi) is 6.30. The Morgan fingerprint density at radius 2 is 1.76 bits per heavy atom. The van der Waals surface area contributed by atoms with E-state index in [1.54, 1.807) is 36.3 Å². The zero-order valence-corrected chi connectivity index (χ0v) is 19.6. The van der Waals surface area contributed by atoms with Gasteiger partial charge in [-0.2, -0.15) is 0 Å². The van der Waals surface area contributed by atoms with Crippen LogP contribution in [-0.2, 0) is 19.7 Å². The van der Waals surface area contributed by atoms with Crippen molar-refractivity contribution in [1.29, 1.82) is 0 Å². The highest BCUT2D eigenvalue weighted by Gasteiger charge is 2.47. The third kappa shape index (κ3) is 4.53. The third-order valence-electron chi connectivity index (χ3n) is 6.42. The van der Waals surface area contributed by atoms with E-state index in [4.69, 9.17) is 9.47 Å². The van der Waals surface area contributed by atoms with E-state index in [1.807, 2.05) is 24.3 Å². The summed E-state index contributed by atoms with van der Waals surface area (Å²) >= 11 is 0. The van der Waals surface area contributed by atoms with Gasteiger partial charge in [-0.15, -0.1) is 0 Å². The van der Waals surface area contributed by atoms with Crippen molar-refractivity contribution in [1.82, 2.24) is 4.90 Å². The predicted octanol–water partition coefficient (Wildman–Crippen LogP) is 4.59. The summed E-state index contributed by atoms with van der Waals surface area (Å²) < 4.78 is 10.9. The monoisotopic (exact) mass is 449 g/mol. The normalized spacial score (nSPS) is 22.7. The van der Waals surface area contributed by atoms with Crippen LogP contribution >= 0.6 is 0 Å². The average Bonchev–Trinajstić information content (AvgIpc) is 3.40. The molecule has 0 aromatic heterocycles. The predicted molar refractivity (Wildman–Crippen MR) is 126 cm³/mol. The minimum absolute atomic E-state index is 0.0267. The van der Waals surface area contributed by atoms with Crippen molar-refractivity contribution in [3.8, 4) is 5.75 Å². The lowest BCUT2D eigenvalue weighted by Gasteiger charge is -2.28. The van der Waals surface area contributed by atoms with Gasteiger partial charge in [0.05, 0.1) is 24.8 Å². The molecule has 0 unspecified atom stereocenters. The molecule has 1 amide bonds. The molecule has 2 aliphatic rings. The summed E-state index contributed by atoms with van der Waals surface area (Å²) in [4.78, 5) is 27.8. The second kappa shape index (κ2) is 9.02. The molecule has 0 aliphatic carbocycles. The second-order valence-corrected chi connectivity index (χ2v) is 9.69. The van der Waals surface area contributed by atoms with Gasteiger partial charge in [-0.3, -0.25) is 9.59 Å². The Morgan fingerprint density at radius 1 is 1.09 bits per heavy atom. The molecule has 4 rings (SSSR count). The van der Waals surface area contributed by atoms with Gasteiger partial charge in [0.2, 0.25) is 0 Å². The van der Waals surface area contributed by atoms with E-state index in [0.29, 0.717) is 24.5 Å². The van der Waals surface area contributed by atoms with Crippen LogP contribution in [0.2, 0.25) is 0 Å². The molecule has 2 aromatic carbocycles. The van der Waals surface area contributed by atoms with Gasteiger partial charge >= 0.3 is 0 Å². The molecule has 33 heavy (non-hydrogen) atoms. The van der Waals surface area contributed by atoms with Crippen molar-refractivity contribution in [3.63, 3.8) is 0 Å². The highest BCUT2D eigenvalue weighted by Crippen LogP contribution is 2.40. The number of carbonyl (C=O) groups is 2. The van der Waals surface area contributed by atoms with Gasteiger partial charge in [-0.05, 0) is 53.6 Å². The Morgan fingerprint density at radius 3 is 2.30 bits per heavy atom. The number of carbonyl (C=O) groups excluding carboxylic acids is 2. The largest absolute Gasteiger partial charge is 0.507 e. The van der Waals surface area contributed by atoms with Gasteiger partial charge in [0.25, 0.3) is 11.7 Å². The van der Waals surface area contributed by atoms with Crippen LogP contribution in [0.4, 0.5) is 0 Å². The highest BCUT2D eigenvalue weighted by atomic mass is 16.5. The first-order valence-corrected chi connectivity index (χ1v) is 11.4. The van der Waals surface area contributed by atoms with Gasteiger partial charge < -0.3 is 19.5 Å². The molecule has 6 nitrogen and oxygen atoms in total. The molecule has 0 bridgehead atoms. The zero-order valence-electron chi connectivity index (χ0n) is 19.6. The summed E-state index contributed by atoms with van der Waals surface area (Å²) in [5, 5.41) is 11.2. The Bertz CT molecular complexity index is 1060. The van der Waals surface area contributed by atoms with Crippen molar-refractivity contribution in [3.05, 3.63) is 70.8 Å². The number of aliphatic hydroxyl groups is 1. The topological polar surface area (TPSA) is 76.1 Å². The number of rotatable bonds is 5. The van der Waals surface area contributed by atoms with Gasteiger partial charge in [0.15, 0.2) is 0 Å². The molecule has 2 atom stereocenters. The molecule has 2 saturated heterocycles. The molecule has 0 spiro atoms. The van der Waals surface area contributed by atoms with Crippen LogP contribution in [0, 0.1) is 0 Å². The third-order valence-corrected chi connectivity index (χ3v) is 6.42. The highest BCUT2D eigenvalue weighted by molar-refractivity contribution is 6.46. The van der Waals surface area contributed by atoms with Crippen molar-refractivity contribution in [2.24, 2.45) is 0 Å². The van der Waals surface area contributed by atoms with Crippen molar-refractivity contribution in [2.75, 3.05) is 20.3 Å². The molecule has 1 N–H and O–H groups in total. The molecule has 0 saturated carbocycles. The second-order valence-electron chi connectivity index (χ2n) is 9.69. The fourth-order valence-corrected chi connectivity index (χ4v) is 4.49. The number of ether oxygens (including phenoxy) is 2. The Hall–Kier alpha value is -3.12. The number of methoxy groups -OCH3 is 1. The van der Waals surface area contributed by atoms with Crippen LogP contribution in [-0.4, -0.2) is 48.1 Å². The minimum atomic E-state index is -0.676. The van der Waals surface area contributed by atoms with E-state index in [0.717, 1.165) is 24.0 Å². The maximum atomic E-state index is 13.2. The molecular formula is C27H31NO5. The van der Waals surface area contributed by atoms with Crippen LogP contribution in [0.3, 0.4) is 0 Å². The summed E-state index contributed by atoms with van der Waals surface area (Å²) in [6, 6.07) is 14.1. The van der Waals surface area contributed by atoms with Crippen LogP contribution in [0.5, 0.6) is 5.75 Å². The first kappa shape index (κ1) is 23.1. The molecule has 6 heteroatoms.